The second-order valence-electron chi connectivity index (χ2n) is 5.61. The molecule has 0 amide bonds. The van der Waals surface area contributed by atoms with E-state index in [1.165, 1.54) is 6.07 Å². The van der Waals surface area contributed by atoms with E-state index in [0.717, 1.165) is 11.8 Å². The highest BCUT2D eigenvalue weighted by Crippen LogP contribution is 2.37. The van der Waals surface area contributed by atoms with Crippen LogP contribution in [0.1, 0.15) is 25.3 Å². The molecule has 0 aliphatic heterocycles. The Hall–Kier alpha value is -2.41. The summed E-state index contributed by atoms with van der Waals surface area (Å²) in [6, 6.07) is 11.6. The van der Waals surface area contributed by atoms with Crippen molar-refractivity contribution in [3.63, 3.8) is 0 Å². The Kier molecular flexibility index (Phi) is 4.70. The van der Waals surface area contributed by atoms with Gasteiger partial charge in [-0.2, -0.15) is 0 Å². The van der Waals surface area contributed by atoms with Crippen LogP contribution in [0.3, 0.4) is 0 Å². The fourth-order valence-electron chi connectivity index (χ4n) is 2.46. The third-order valence-electron chi connectivity index (χ3n) is 3.35. The second-order valence-corrected chi connectivity index (χ2v) is 7.36. The fourth-order valence-corrected chi connectivity index (χ4v) is 3.01. The molecule has 0 atom stereocenters. The van der Waals surface area contributed by atoms with Gasteiger partial charge in [-0.3, -0.25) is 14.8 Å². The smallest absolute Gasteiger partial charge is 0.277 e. The molecule has 2 aromatic carbocycles. The highest BCUT2D eigenvalue weighted by molar-refractivity contribution is 7.92. The van der Waals surface area contributed by atoms with Crippen molar-refractivity contribution in [3.05, 3.63) is 58.1 Å². The summed E-state index contributed by atoms with van der Waals surface area (Å²) in [6.07, 6.45) is 1.06. The van der Waals surface area contributed by atoms with Crippen molar-refractivity contribution in [2.45, 2.75) is 19.8 Å². The zero-order chi connectivity index (χ0) is 17.2. The molecule has 0 saturated heterocycles. The van der Waals surface area contributed by atoms with Crippen LogP contribution in [0.5, 0.6) is 0 Å². The molecule has 23 heavy (non-hydrogen) atoms. The highest BCUT2D eigenvalue weighted by atomic mass is 32.2. The molecular weight excluding hydrogens is 316 g/mol. The molecule has 0 aliphatic carbocycles. The first-order valence-electron chi connectivity index (χ1n) is 7.04. The van der Waals surface area contributed by atoms with Crippen LogP contribution in [0, 0.1) is 10.1 Å². The minimum Gasteiger partial charge on any atom is -0.284 e. The summed E-state index contributed by atoms with van der Waals surface area (Å²) in [4.78, 5) is 11.0. The molecule has 7 heteroatoms. The van der Waals surface area contributed by atoms with E-state index in [2.05, 4.69) is 4.72 Å². The quantitative estimate of drug-likeness (QED) is 0.666. The van der Waals surface area contributed by atoms with Crippen LogP contribution >= 0.6 is 0 Å². The van der Waals surface area contributed by atoms with E-state index in [4.69, 9.17) is 0 Å². The van der Waals surface area contributed by atoms with Crippen LogP contribution < -0.4 is 4.72 Å². The lowest BCUT2D eigenvalue weighted by molar-refractivity contribution is -0.384. The topological polar surface area (TPSA) is 89.3 Å². The summed E-state index contributed by atoms with van der Waals surface area (Å²) in [5.41, 5.74) is 2.35. The van der Waals surface area contributed by atoms with E-state index in [1.807, 2.05) is 19.9 Å². The van der Waals surface area contributed by atoms with E-state index in [0.29, 0.717) is 16.8 Å². The van der Waals surface area contributed by atoms with Gasteiger partial charge in [0.2, 0.25) is 10.0 Å². The zero-order valence-electron chi connectivity index (χ0n) is 13.1. The van der Waals surface area contributed by atoms with Crippen LogP contribution in [0.4, 0.5) is 11.4 Å². The molecule has 0 unspecified atom stereocenters. The van der Waals surface area contributed by atoms with Gasteiger partial charge in [0.15, 0.2) is 0 Å². The number of hydrogen-bond donors (Lipinski definition) is 1. The maximum Gasteiger partial charge on any atom is 0.277 e. The van der Waals surface area contributed by atoms with Crippen molar-refractivity contribution in [3.8, 4) is 11.1 Å². The molecule has 6 nitrogen and oxygen atoms in total. The van der Waals surface area contributed by atoms with E-state index in [1.54, 1.807) is 30.3 Å². The second kappa shape index (κ2) is 6.37. The molecule has 0 spiro atoms. The molecule has 0 aromatic heterocycles. The normalized spacial score (nSPS) is 11.5. The Balaban J connectivity index is 2.66. The average molecular weight is 334 g/mol. The maximum absolute atomic E-state index is 11.4. The molecule has 122 valence electrons. The van der Waals surface area contributed by atoms with Crippen LogP contribution in [0.2, 0.25) is 0 Å². The number of nitrogens with one attached hydrogen (secondary N) is 1. The van der Waals surface area contributed by atoms with Crippen LogP contribution in [0.15, 0.2) is 42.5 Å². The first-order valence-corrected chi connectivity index (χ1v) is 8.93. The number of nitrogens with zero attached hydrogens (tertiary/aromatic N) is 1. The first kappa shape index (κ1) is 17.0. The predicted octanol–water partition coefficient (Wildman–Crippen LogP) is 3.76. The fraction of sp³-hybridized carbons (Fsp3) is 0.250. The van der Waals surface area contributed by atoms with Gasteiger partial charge in [0.25, 0.3) is 5.69 Å². The van der Waals surface area contributed by atoms with E-state index >= 15 is 0 Å². The minimum absolute atomic E-state index is 0.00713. The molecular formula is C16H18N2O4S. The molecule has 0 saturated carbocycles. The molecule has 2 rings (SSSR count). The Labute approximate surface area is 135 Å². The van der Waals surface area contributed by atoms with Crippen LogP contribution in [-0.2, 0) is 10.0 Å². The van der Waals surface area contributed by atoms with Gasteiger partial charge in [0.05, 0.1) is 16.7 Å². The standard InChI is InChI=1S/C16H18N2O4S/c1-11(2)14-8-5-9-15(18(19)20)16(14)12-6-4-7-13(10-12)17-23(3,21)22/h4-11,17H,1-3H3. The third kappa shape index (κ3) is 4.07. The SMILES string of the molecule is CC(C)c1cccc([N+](=O)[O-])c1-c1cccc(NS(C)(=O)=O)c1. The van der Waals surface area contributed by atoms with Crippen molar-refractivity contribution in [2.75, 3.05) is 11.0 Å². The number of hydrogen-bond acceptors (Lipinski definition) is 4. The number of rotatable bonds is 5. The highest BCUT2D eigenvalue weighted by Gasteiger charge is 2.21. The van der Waals surface area contributed by atoms with Crippen molar-refractivity contribution in [1.82, 2.24) is 0 Å². The van der Waals surface area contributed by atoms with Gasteiger partial charge in [-0.1, -0.05) is 38.1 Å². The number of nitro groups is 1. The molecule has 0 radical (unpaired) electrons. The Morgan fingerprint density at radius 2 is 1.78 bits per heavy atom. The summed E-state index contributed by atoms with van der Waals surface area (Å²) in [5, 5.41) is 11.4. The average Bonchev–Trinajstić information content (AvgIpc) is 2.44. The van der Waals surface area contributed by atoms with Crippen molar-refractivity contribution >= 4 is 21.4 Å². The molecule has 0 bridgehead atoms. The van der Waals surface area contributed by atoms with Gasteiger partial charge >= 0.3 is 0 Å². The van der Waals surface area contributed by atoms with Gasteiger partial charge in [-0.25, -0.2) is 8.42 Å². The summed E-state index contributed by atoms with van der Waals surface area (Å²) in [7, 11) is -3.41. The predicted molar refractivity (Wildman–Crippen MR) is 91.1 cm³/mol. The molecule has 0 heterocycles. The summed E-state index contributed by atoms with van der Waals surface area (Å²) >= 11 is 0. The van der Waals surface area contributed by atoms with E-state index in [9.17, 15) is 18.5 Å². The molecule has 1 N–H and O–H groups in total. The van der Waals surface area contributed by atoms with Gasteiger partial charge in [-0.05, 0) is 29.2 Å². The molecule has 2 aromatic rings. The van der Waals surface area contributed by atoms with E-state index in [-0.39, 0.29) is 11.6 Å². The van der Waals surface area contributed by atoms with Gasteiger partial charge in [-0.15, -0.1) is 0 Å². The Morgan fingerprint density at radius 3 is 2.35 bits per heavy atom. The first-order chi connectivity index (χ1) is 10.7. The van der Waals surface area contributed by atoms with Crippen LogP contribution in [0.25, 0.3) is 11.1 Å². The third-order valence-corrected chi connectivity index (χ3v) is 3.95. The number of anilines is 1. The monoisotopic (exact) mass is 334 g/mol. The number of benzene rings is 2. The van der Waals surface area contributed by atoms with Gasteiger partial charge < -0.3 is 0 Å². The van der Waals surface area contributed by atoms with Gasteiger partial charge in [0.1, 0.15) is 0 Å². The van der Waals surface area contributed by atoms with Crippen molar-refractivity contribution in [2.24, 2.45) is 0 Å². The van der Waals surface area contributed by atoms with Gasteiger partial charge in [0, 0.05) is 11.8 Å². The number of sulfonamides is 1. The van der Waals surface area contributed by atoms with Crippen molar-refractivity contribution < 1.29 is 13.3 Å². The summed E-state index contributed by atoms with van der Waals surface area (Å²) in [6.45, 7) is 3.92. The largest absolute Gasteiger partial charge is 0.284 e. The maximum atomic E-state index is 11.4. The lowest BCUT2D eigenvalue weighted by Gasteiger charge is -2.14. The molecule has 0 fully saturated rings. The lowest BCUT2D eigenvalue weighted by atomic mass is 9.91. The van der Waals surface area contributed by atoms with Crippen LogP contribution in [-0.4, -0.2) is 19.6 Å². The van der Waals surface area contributed by atoms with E-state index < -0.39 is 14.9 Å². The Bertz CT molecular complexity index is 845. The summed E-state index contributed by atoms with van der Waals surface area (Å²) < 4.78 is 25.1. The lowest BCUT2D eigenvalue weighted by Crippen LogP contribution is -2.09. The van der Waals surface area contributed by atoms with Crippen molar-refractivity contribution in [1.29, 1.82) is 0 Å². The Morgan fingerprint density at radius 1 is 1.13 bits per heavy atom. The summed E-state index contributed by atoms with van der Waals surface area (Å²) in [5.74, 6) is 0.0939. The minimum atomic E-state index is -3.41. The molecule has 0 aliphatic rings. The zero-order valence-corrected chi connectivity index (χ0v) is 13.9. The number of nitro benzene ring substituents is 1.